The molecule has 2 unspecified atom stereocenters. The van der Waals surface area contributed by atoms with Gasteiger partial charge in [-0.25, -0.2) is 13.1 Å². The first-order valence-electron chi connectivity index (χ1n) is 6.40. The van der Waals surface area contributed by atoms with Gasteiger partial charge in [-0.15, -0.1) is 11.3 Å². The maximum absolute atomic E-state index is 12.2. The van der Waals surface area contributed by atoms with Gasteiger partial charge < -0.3 is 10.1 Å². The number of likely N-dealkylation sites (N-methyl/N-ethyl adjacent to an activating group) is 1. The summed E-state index contributed by atoms with van der Waals surface area (Å²) in [7, 11) is -1.53. The molecule has 0 bridgehead atoms. The average molecular weight is 304 g/mol. The minimum absolute atomic E-state index is 0.0569. The van der Waals surface area contributed by atoms with Crippen molar-refractivity contribution < 1.29 is 13.2 Å². The molecular weight excluding hydrogens is 284 g/mol. The highest BCUT2D eigenvalue weighted by atomic mass is 32.2. The predicted molar refractivity (Wildman–Crippen MR) is 76.1 cm³/mol. The molecule has 2 rings (SSSR count). The highest BCUT2D eigenvalue weighted by molar-refractivity contribution is 7.91. The molecule has 2 N–H and O–H groups in total. The SMILES string of the molecule is CNCCc1ccc(S(=O)(=O)NC2CCOC2C)s1. The molecule has 2 heterocycles. The number of hydrogen-bond acceptors (Lipinski definition) is 5. The summed E-state index contributed by atoms with van der Waals surface area (Å²) in [5.74, 6) is 0. The van der Waals surface area contributed by atoms with Crippen LogP contribution in [0.25, 0.3) is 0 Å². The van der Waals surface area contributed by atoms with Crippen LogP contribution in [0.5, 0.6) is 0 Å². The Labute approximate surface area is 118 Å². The molecule has 108 valence electrons. The Morgan fingerprint density at radius 1 is 1.47 bits per heavy atom. The van der Waals surface area contributed by atoms with Crippen LogP contribution in [0.1, 0.15) is 18.2 Å². The fourth-order valence-electron chi connectivity index (χ4n) is 2.03. The van der Waals surface area contributed by atoms with Crippen molar-refractivity contribution >= 4 is 21.4 Å². The molecule has 1 aliphatic rings. The minimum atomic E-state index is -3.41. The van der Waals surface area contributed by atoms with Crippen LogP contribution >= 0.6 is 11.3 Å². The Morgan fingerprint density at radius 2 is 2.26 bits per heavy atom. The van der Waals surface area contributed by atoms with E-state index in [1.807, 2.05) is 20.0 Å². The second-order valence-corrected chi connectivity index (χ2v) is 7.78. The molecule has 0 amide bonds. The van der Waals surface area contributed by atoms with Crippen LogP contribution in [0.2, 0.25) is 0 Å². The van der Waals surface area contributed by atoms with Gasteiger partial charge in [-0.2, -0.15) is 0 Å². The lowest BCUT2D eigenvalue weighted by Crippen LogP contribution is -2.38. The van der Waals surface area contributed by atoms with Gasteiger partial charge in [0.25, 0.3) is 0 Å². The minimum Gasteiger partial charge on any atom is -0.377 e. The Bertz CT molecular complexity index is 513. The molecule has 7 heteroatoms. The molecule has 1 saturated heterocycles. The van der Waals surface area contributed by atoms with Gasteiger partial charge in [0.05, 0.1) is 12.1 Å². The van der Waals surface area contributed by atoms with Gasteiger partial charge in [-0.1, -0.05) is 0 Å². The maximum atomic E-state index is 12.2. The normalized spacial score (nSPS) is 23.9. The Kier molecular flexibility index (Phi) is 4.97. The van der Waals surface area contributed by atoms with E-state index in [-0.39, 0.29) is 12.1 Å². The van der Waals surface area contributed by atoms with Gasteiger partial charge >= 0.3 is 0 Å². The predicted octanol–water partition coefficient (Wildman–Crippen LogP) is 0.966. The average Bonchev–Trinajstić information content (AvgIpc) is 2.97. The summed E-state index contributed by atoms with van der Waals surface area (Å²) >= 11 is 1.33. The van der Waals surface area contributed by atoms with E-state index in [9.17, 15) is 8.42 Å². The third kappa shape index (κ3) is 3.76. The Balaban J connectivity index is 2.04. The van der Waals surface area contributed by atoms with Crippen LogP contribution < -0.4 is 10.0 Å². The van der Waals surface area contributed by atoms with Crippen molar-refractivity contribution in [1.82, 2.24) is 10.0 Å². The molecule has 1 fully saturated rings. The monoisotopic (exact) mass is 304 g/mol. The van der Waals surface area contributed by atoms with Crippen LogP contribution in [0, 0.1) is 0 Å². The Hall–Kier alpha value is -0.470. The summed E-state index contributed by atoms with van der Waals surface area (Å²) in [5.41, 5.74) is 0. The quantitative estimate of drug-likeness (QED) is 0.822. The summed E-state index contributed by atoms with van der Waals surface area (Å²) in [6.45, 7) is 3.36. The van der Waals surface area contributed by atoms with Crippen LogP contribution in [-0.2, 0) is 21.2 Å². The van der Waals surface area contributed by atoms with Gasteiger partial charge in [-0.3, -0.25) is 0 Å². The summed E-state index contributed by atoms with van der Waals surface area (Å²) in [5, 5.41) is 3.05. The first kappa shape index (κ1) is 14.9. The molecule has 0 spiro atoms. The van der Waals surface area contributed by atoms with Gasteiger partial charge in [0, 0.05) is 11.5 Å². The summed E-state index contributed by atoms with van der Waals surface area (Å²) in [6, 6.07) is 3.44. The second kappa shape index (κ2) is 6.32. The molecular formula is C12H20N2O3S2. The van der Waals surface area contributed by atoms with Crippen molar-refractivity contribution in [1.29, 1.82) is 0 Å². The lowest BCUT2D eigenvalue weighted by Gasteiger charge is -2.15. The fraction of sp³-hybridized carbons (Fsp3) is 0.667. The van der Waals surface area contributed by atoms with E-state index in [2.05, 4.69) is 10.0 Å². The topological polar surface area (TPSA) is 67.4 Å². The number of rotatable bonds is 6. The third-order valence-electron chi connectivity index (χ3n) is 3.21. The molecule has 1 aromatic heterocycles. The second-order valence-electron chi connectivity index (χ2n) is 4.67. The lowest BCUT2D eigenvalue weighted by atomic mass is 10.2. The molecule has 2 atom stereocenters. The number of nitrogens with one attached hydrogen (secondary N) is 2. The molecule has 0 radical (unpaired) electrons. The van der Waals surface area contributed by atoms with Gasteiger partial charge in [0.1, 0.15) is 4.21 Å². The fourth-order valence-corrected chi connectivity index (χ4v) is 4.74. The molecule has 0 aliphatic carbocycles. The van der Waals surface area contributed by atoms with E-state index in [1.165, 1.54) is 11.3 Å². The number of hydrogen-bond donors (Lipinski definition) is 2. The summed E-state index contributed by atoms with van der Waals surface area (Å²) < 4.78 is 33.0. The van der Waals surface area contributed by atoms with Crippen molar-refractivity contribution in [3.63, 3.8) is 0 Å². The van der Waals surface area contributed by atoms with E-state index >= 15 is 0 Å². The van der Waals surface area contributed by atoms with Gasteiger partial charge in [-0.05, 0) is 45.5 Å². The zero-order chi connectivity index (χ0) is 13.9. The number of ether oxygens (including phenoxy) is 1. The van der Waals surface area contributed by atoms with Crippen molar-refractivity contribution in [2.24, 2.45) is 0 Å². The van der Waals surface area contributed by atoms with Crippen LogP contribution in [-0.4, -0.2) is 40.8 Å². The van der Waals surface area contributed by atoms with E-state index in [0.717, 1.165) is 24.3 Å². The van der Waals surface area contributed by atoms with Crippen molar-refractivity contribution in [2.75, 3.05) is 20.2 Å². The van der Waals surface area contributed by atoms with Crippen LogP contribution in [0.3, 0.4) is 0 Å². The van der Waals surface area contributed by atoms with Crippen molar-refractivity contribution in [3.8, 4) is 0 Å². The van der Waals surface area contributed by atoms with Crippen LogP contribution in [0.4, 0.5) is 0 Å². The summed E-state index contributed by atoms with van der Waals surface area (Å²) in [4.78, 5) is 1.07. The van der Waals surface area contributed by atoms with Crippen LogP contribution in [0.15, 0.2) is 16.3 Å². The van der Waals surface area contributed by atoms with E-state index in [0.29, 0.717) is 10.8 Å². The molecule has 0 saturated carbocycles. The van der Waals surface area contributed by atoms with E-state index in [4.69, 9.17) is 4.74 Å². The molecule has 0 aromatic carbocycles. The first-order chi connectivity index (χ1) is 9.03. The van der Waals surface area contributed by atoms with Crippen molar-refractivity contribution in [2.45, 2.75) is 36.1 Å². The van der Waals surface area contributed by atoms with Gasteiger partial charge in [0.15, 0.2) is 0 Å². The number of sulfonamides is 1. The zero-order valence-electron chi connectivity index (χ0n) is 11.2. The van der Waals surface area contributed by atoms with E-state index in [1.54, 1.807) is 6.07 Å². The maximum Gasteiger partial charge on any atom is 0.250 e. The van der Waals surface area contributed by atoms with Gasteiger partial charge in [0.2, 0.25) is 10.0 Å². The standard InChI is InChI=1S/C12H20N2O3S2/c1-9-11(6-8-17-9)14-19(15,16)12-4-3-10(18-12)5-7-13-2/h3-4,9,11,13-14H,5-8H2,1-2H3. The molecule has 19 heavy (non-hydrogen) atoms. The molecule has 1 aromatic rings. The third-order valence-corrected chi connectivity index (χ3v) is 6.33. The van der Waals surface area contributed by atoms with Crippen molar-refractivity contribution in [3.05, 3.63) is 17.0 Å². The summed E-state index contributed by atoms with van der Waals surface area (Å²) in [6.07, 6.45) is 1.52. The highest BCUT2D eigenvalue weighted by Crippen LogP contribution is 2.23. The Morgan fingerprint density at radius 3 is 2.89 bits per heavy atom. The van der Waals surface area contributed by atoms with E-state index < -0.39 is 10.0 Å². The zero-order valence-corrected chi connectivity index (χ0v) is 12.8. The molecule has 1 aliphatic heterocycles. The number of thiophene rings is 1. The lowest BCUT2D eigenvalue weighted by molar-refractivity contribution is 0.117. The molecule has 5 nitrogen and oxygen atoms in total. The largest absolute Gasteiger partial charge is 0.377 e. The highest BCUT2D eigenvalue weighted by Gasteiger charge is 2.29. The first-order valence-corrected chi connectivity index (χ1v) is 8.70. The smallest absolute Gasteiger partial charge is 0.250 e.